The zero-order valence-corrected chi connectivity index (χ0v) is 12.3. The molecule has 0 bridgehead atoms. The van der Waals surface area contributed by atoms with Crippen LogP contribution in [0.2, 0.25) is 0 Å². The third kappa shape index (κ3) is 4.81. The number of aliphatic hydroxyl groups excluding tert-OH is 2. The topological polar surface area (TPSA) is 87.5 Å². The number of hydrogen-bond donors (Lipinski definition) is 3. The van der Waals surface area contributed by atoms with Crippen molar-refractivity contribution < 1.29 is 10.2 Å². The van der Waals surface area contributed by atoms with Gasteiger partial charge in [0.1, 0.15) is 0 Å². The summed E-state index contributed by atoms with van der Waals surface area (Å²) in [7, 11) is 1.93. The molecular formula is C13H26N4O2. The number of anilines is 1. The lowest BCUT2D eigenvalue weighted by Crippen LogP contribution is -2.34. The molecule has 6 nitrogen and oxygen atoms in total. The van der Waals surface area contributed by atoms with Crippen LogP contribution in [0.15, 0.2) is 0 Å². The summed E-state index contributed by atoms with van der Waals surface area (Å²) in [5.41, 5.74) is 8.24. The van der Waals surface area contributed by atoms with Crippen LogP contribution < -0.4 is 5.73 Å². The maximum atomic E-state index is 10.1. The minimum Gasteiger partial charge on any atom is -0.396 e. The van der Waals surface area contributed by atoms with Gasteiger partial charge in [-0.1, -0.05) is 0 Å². The van der Waals surface area contributed by atoms with Crippen LogP contribution in [0.1, 0.15) is 24.7 Å². The van der Waals surface area contributed by atoms with Crippen molar-refractivity contribution in [2.45, 2.75) is 45.9 Å². The second-order valence-corrected chi connectivity index (χ2v) is 5.32. The van der Waals surface area contributed by atoms with E-state index in [1.54, 1.807) is 11.6 Å². The molecule has 4 N–H and O–H groups in total. The largest absolute Gasteiger partial charge is 0.396 e. The van der Waals surface area contributed by atoms with Crippen LogP contribution in [0.25, 0.3) is 0 Å². The van der Waals surface area contributed by atoms with Crippen LogP contribution in [0, 0.1) is 13.8 Å². The van der Waals surface area contributed by atoms with Gasteiger partial charge >= 0.3 is 0 Å². The fraction of sp³-hybridized carbons (Fsp3) is 0.769. The van der Waals surface area contributed by atoms with Crippen molar-refractivity contribution >= 4 is 5.69 Å². The van der Waals surface area contributed by atoms with Gasteiger partial charge in [-0.05, 0) is 34.2 Å². The molecule has 0 aliphatic heterocycles. The van der Waals surface area contributed by atoms with Crippen molar-refractivity contribution in [1.29, 1.82) is 0 Å². The molecule has 0 spiro atoms. The van der Waals surface area contributed by atoms with Gasteiger partial charge in [0.15, 0.2) is 0 Å². The summed E-state index contributed by atoms with van der Waals surface area (Å²) in [6, 6.07) is 0. The highest BCUT2D eigenvalue weighted by molar-refractivity contribution is 5.46. The first-order chi connectivity index (χ1) is 8.81. The molecule has 0 aromatic carbocycles. The van der Waals surface area contributed by atoms with Crippen LogP contribution >= 0.6 is 0 Å². The van der Waals surface area contributed by atoms with Gasteiger partial charge in [-0.25, -0.2) is 0 Å². The zero-order valence-electron chi connectivity index (χ0n) is 12.3. The Kier molecular flexibility index (Phi) is 5.78. The van der Waals surface area contributed by atoms with E-state index in [1.165, 1.54) is 0 Å². The smallest absolute Gasteiger partial charge is 0.0862 e. The monoisotopic (exact) mass is 270 g/mol. The Morgan fingerprint density at radius 1 is 1.37 bits per heavy atom. The number of rotatable bonds is 7. The minimum atomic E-state index is -0.503. The van der Waals surface area contributed by atoms with Crippen LogP contribution in [0.5, 0.6) is 0 Å². The van der Waals surface area contributed by atoms with E-state index in [2.05, 4.69) is 5.10 Å². The molecule has 1 aromatic heterocycles. The maximum absolute atomic E-state index is 10.1. The molecule has 0 radical (unpaired) electrons. The molecule has 0 aliphatic carbocycles. The predicted molar refractivity (Wildman–Crippen MR) is 75.9 cm³/mol. The van der Waals surface area contributed by atoms with Gasteiger partial charge in [0.05, 0.1) is 35.8 Å². The molecule has 2 unspecified atom stereocenters. The van der Waals surface area contributed by atoms with E-state index >= 15 is 0 Å². The number of hydrogen-bond acceptors (Lipinski definition) is 5. The van der Waals surface area contributed by atoms with Crippen molar-refractivity contribution in [2.75, 3.05) is 25.9 Å². The van der Waals surface area contributed by atoms with E-state index < -0.39 is 6.10 Å². The van der Waals surface area contributed by atoms with Crippen LogP contribution in [0.3, 0.4) is 0 Å². The number of aliphatic hydroxyl groups is 2. The van der Waals surface area contributed by atoms with Crippen molar-refractivity contribution in [3.05, 3.63) is 11.4 Å². The van der Waals surface area contributed by atoms with Gasteiger partial charge in [-0.3, -0.25) is 4.68 Å². The Bertz CT molecular complexity index is 404. The van der Waals surface area contributed by atoms with Gasteiger partial charge < -0.3 is 20.8 Å². The first-order valence-corrected chi connectivity index (χ1v) is 6.65. The number of aromatic nitrogens is 2. The van der Waals surface area contributed by atoms with E-state index in [1.807, 2.05) is 25.8 Å². The lowest BCUT2D eigenvalue weighted by atomic mass is 10.2. The van der Waals surface area contributed by atoms with E-state index in [0.29, 0.717) is 25.2 Å². The summed E-state index contributed by atoms with van der Waals surface area (Å²) in [6.45, 7) is 7.27. The molecule has 0 aliphatic rings. The normalized spacial score (nSPS) is 14.9. The lowest BCUT2D eigenvalue weighted by molar-refractivity contribution is 0.0953. The number of aryl methyl sites for hydroxylation is 1. The SMILES string of the molecule is Cc1nn(CC(O)CN(C)CCC(C)O)c(C)c1N. The molecule has 19 heavy (non-hydrogen) atoms. The number of nitrogens with zero attached hydrogens (tertiary/aromatic N) is 3. The van der Waals surface area contributed by atoms with Crippen molar-refractivity contribution in [1.82, 2.24) is 14.7 Å². The highest BCUT2D eigenvalue weighted by Crippen LogP contribution is 2.15. The van der Waals surface area contributed by atoms with Gasteiger partial charge in [-0.2, -0.15) is 5.10 Å². The van der Waals surface area contributed by atoms with Crippen molar-refractivity contribution in [2.24, 2.45) is 0 Å². The first kappa shape index (κ1) is 15.9. The van der Waals surface area contributed by atoms with E-state index in [-0.39, 0.29) is 6.10 Å². The summed E-state index contributed by atoms with van der Waals surface area (Å²) in [5, 5.41) is 23.6. The third-order valence-electron chi connectivity index (χ3n) is 3.27. The molecule has 1 aromatic rings. The van der Waals surface area contributed by atoms with Gasteiger partial charge in [0.25, 0.3) is 0 Å². The first-order valence-electron chi connectivity index (χ1n) is 6.65. The van der Waals surface area contributed by atoms with Crippen LogP contribution in [0.4, 0.5) is 5.69 Å². The van der Waals surface area contributed by atoms with Crippen molar-refractivity contribution in [3.8, 4) is 0 Å². The molecule has 0 fully saturated rings. The molecule has 0 saturated heterocycles. The predicted octanol–water partition coefficient (Wildman–Crippen LogP) is 0.146. The van der Waals surface area contributed by atoms with Crippen LogP contribution in [-0.2, 0) is 6.54 Å². The quantitative estimate of drug-likeness (QED) is 0.656. The fourth-order valence-corrected chi connectivity index (χ4v) is 2.00. The van der Waals surface area contributed by atoms with Crippen molar-refractivity contribution in [3.63, 3.8) is 0 Å². The number of likely N-dealkylation sites (N-methyl/N-ethyl adjacent to an activating group) is 1. The average molecular weight is 270 g/mol. The summed E-state index contributed by atoms with van der Waals surface area (Å²) < 4.78 is 1.75. The lowest BCUT2D eigenvalue weighted by Gasteiger charge is -2.21. The molecule has 2 atom stereocenters. The summed E-state index contributed by atoms with van der Waals surface area (Å²) in [4.78, 5) is 2.01. The summed E-state index contributed by atoms with van der Waals surface area (Å²) >= 11 is 0. The molecular weight excluding hydrogens is 244 g/mol. The molecule has 0 saturated carbocycles. The fourth-order valence-electron chi connectivity index (χ4n) is 2.00. The summed E-state index contributed by atoms with van der Waals surface area (Å²) in [6.07, 6.45) is -0.109. The van der Waals surface area contributed by atoms with Gasteiger partial charge in [0.2, 0.25) is 0 Å². The maximum Gasteiger partial charge on any atom is 0.0862 e. The Hall–Kier alpha value is -1.11. The van der Waals surface area contributed by atoms with E-state index in [0.717, 1.165) is 17.9 Å². The zero-order chi connectivity index (χ0) is 14.6. The Balaban J connectivity index is 2.46. The Morgan fingerprint density at radius 2 is 2.00 bits per heavy atom. The molecule has 110 valence electrons. The molecule has 1 rings (SSSR count). The average Bonchev–Trinajstić information content (AvgIpc) is 2.54. The summed E-state index contributed by atoms with van der Waals surface area (Å²) in [5.74, 6) is 0. The standard InChI is InChI=1S/C13H26N4O2/c1-9(18)5-6-16(4)7-12(19)8-17-11(3)13(14)10(2)15-17/h9,12,18-19H,5-8,14H2,1-4H3. The van der Waals surface area contributed by atoms with Gasteiger partial charge in [0, 0.05) is 13.1 Å². The number of nitrogens with two attached hydrogens (primary N) is 1. The third-order valence-corrected chi connectivity index (χ3v) is 3.27. The second-order valence-electron chi connectivity index (χ2n) is 5.32. The van der Waals surface area contributed by atoms with Gasteiger partial charge in [-0.15, -0.1) is 0 Å². The highest BCUT2D eigenvalue weighted by atomic mass is 16.3. The molecule has 1 heterocycles. The molecule has 0 amide bonds. The van der Waals surface area contributed by atoms with Crippen LogP contribution in [-0.4, -0.2) is 57.2 Å². The van der Waals surface area contributed by atoms with E-state index in [4.69, 9.17) is 5.73 Å². The minimum absolute atomic E-state index is 0.310. The second kappa shape index (κ2) is 6.88. The molecule has 6 heteroatoms. The number of nitrogen functional groups attached to an aromatic ring is 1. The Labute approximate surface area is 114 Å². The Morgan fingerprint density at radius 3 is 2.47 bits per heavy atom. The van der Waals surface area contributed by atoms with E-state index in [9.17, 15) is 10.2 Å². The highest BCUT2D eigenvalue weighted by Gasteiger charge is 2.14.